The zero-order valence-electron chi connectivity index (χ0n) is 77.0. The number of H-pyrrole nitrogens is 1. The molecule has 46 heteroatoms. The molecule has 39 nitrogen and oxygen atoms in total. The van der Waals surface area contributed by atoms with Crippen LogP contribution in [0.15, 0.2) is 54.2 Å². The van der Waals surface area contributed by atoms with Crippen LogP contribution in [0.1, 0.15) is 277 Å². The largest absolute Gasteiger partial charge is 0.472 e. The first-order chi connectivity index (χ1) is 63.8. The van der Waals surface area contributed by atoms with E-state index < -0.39 is 186 Å². The van der Waals surface area contributed by atoms with Gasteiger partial charge in [-0.15, -0.1) is 0 Å². The number of hydrogen-bond acceptors (Lipinski definition) is 29. The van der Waals surface area contributed by atoms with E-state index in [0.29, 0.717) is 24.1 Å². The lowest BCUT2D eigenvalue weighted by atomic mass is 10.0. The Labute approximate surface area is 785 Å². The van der Waals surface area contributed by atoms with Gasteiger partial charge in [0.15, 0.2) is 53.2 Å². The van der Waals surface area contributed by atoms with Crippen molar-refractivity contribution in [3.05, 3.63) is 71.2 Å². The standard InChI is InChI=1S/C87H136F2N13O26P3S2/c1-7-9-11-13-15-17-19-21-23-25-27-29-31-33-35-40-69(105)118-52-63(124-70(106)41-36-34-32-30-28-26-24-22-20-18-16-14-12-10-8-2)53-121-129(113,114)120-48-46-90-67(103)38-37-39-68(104)98-73(59(3)4)83(110)96-60(5)81(108)97-62-44-42-61(43-45-62)51-119-87(112)100(6)47-49-117-86(111)99-78-74-80(93-56-91-78)102(58-95-74)84-72(89)76-66(126-84)55-123-131(116,133)128-77-75(107)65(54-122-130(115,132)127-76)125-85(77)101-50-64(88)71-79(101)92-57-94-82(71)109/h42-45,50,56-60,63,65-66,72-73,75-77,84-85,107H,7-41,46-49,51-55H2,1-6H3,(H,90,103)(H,96,110)(H,97,108)(H,98,104)(H,113,114)(H,115,132)(H,116,133)(H,92,94,109)(H,91,93,99,111)/t60-,63+,65+,66+,72+,73-,75+,76+,77+,84+,85+,130+,131+/m0/s1. The van der Waals surface area contributed by atoms with E-state index in [1.165, 1.54) is 161 Å². The quantitative estimate of drug-likeness (QED) is 0.00568. The van der Waals surface area contributed by atoms with Crippen molar-refractivity contribution >= 4 is 127 Å². The van der Waals surface area contributed by atoms with E-state index in [1.54, 1.807) is 26.0 Å². The van der Waals surface area contributed by atoms with Gasteiger partial charge in [-0.1, -0.05) is 244 Å². The molecular weight excluding hydrogens is 1840 g/mol. The Morgan fingerprint density at radius 1 is 0.632 bits per heavy atom. The second-order valence-corrected chi connectivity index (χ2v) is 41.2. The molecule has 1 unspecified atom stereocenters. The lowest BCUT2D eigenvalue weighted by Gasteiger charge is -2.26. The molecule has 4 aromatic heterocycles. The molecule has 2 bridgehead atoms. The van der Waals surface area contributed by atoms with E-state index in [9.17, 15) is 66.8 Å². The normalized spacial score (nSPS) is 21.4. The van der Waals surface area contributed by atoms with Gasteiger partial charge in [0, 0.05) is 51.2 Å². The number of nitrogens with one attached hydrogen (secondary N) is 6. The molecule has 8 N–H and O–H groups in total. The average Bonchev–Trinajstić information content (AvgIpc) is 1.61. The molecule has 1 aromatic carbocycles. The van der Waals surface area contributed by atoms with Crippen LogP contribution in [0.5, 0.6) is 0 Å². The fraction of sp³-hybridized carbons (Fsp3) is 0.713. The molecule has 0 spiro atoms. The molecule has 8 rings (SSSR count). The van der Waals surface area contributed by atoms with Crippen molar-refractivity contribution in [3.8, 4) is 0 Å². The van der Waals surface area contributed by atoms with Crippen LogP contribution in [0, 0.1) is 11.7 Å². The number of halogens is 2. The van der Waals surface area contributed by atoms with Crippen LogP contribution in [0.2, 0.25) is 0 Å². The van der Waals surface area contributed by atoms with Gasteiger partial charge in [-0.2, -0.15) is 0 Å². The van der Waals surface area contributed by atoms with Gasteiger partial charge in [0.25, 0.3) is 5.56 Å². The van der Waals surface area contributed by atoms with Crippen LogP contribution in [0.4, 0.5) is 29.9 Å². The Balaban J connectivity index is 0.687. The monoisotopic (exact) mass is 1970 g/mol. The van der Waals surface area contributed by atoms with Crippen molar-refractivity contribution in [1.29, 1.82) is 0 Å². The van der Waals surface area contributed by atoms with Gasteiger partial charge in [-0.25, -0.2) is 52.0 Å². The van der Waals surface area contributed by atoms with Crippen LogP contribution >= 0.6 is 45.9 Å². The minimum Gasteiger partial charge on any atom is -0.462 e. The van der Waals surface area contributed by atoms with Crippen LogP contribution in [-0.2, 0) is 105 Å². The third kappa shape index (κ3) is 38.7. The molecule has 0 radical (unpaired) electrons. The smallest absolute Gasteiger partial charge is 0.462 e. The summed E-state index contributed by atoms with van der Waals surface area (Å²) in [6.07, 6.45) is 22.3. The number of anilines is 2. The van der Waals surface area contributed by atoms with Crippen molar-refractivity contribution in [2.75, 3.05) is 70.4 Å². The summed E-state index contributed by atoms with van der Waals surface area (Å²) in [6.45, 7) is -3.99. The fourth-order valence-electron chi connectivity index (χ4n) is 15.3. The second-order valence-electron chi connectivity index (χ2n) is 34.0. The first kappa shape index (κ1) is 111. The second kappa shape index (κ2) is 58.2. The van der Waals surface area contributed by atoms with Gasteiger partial charge in [0.05, 0.1) is 45.6 Å². The first-order valence-corrected chi connectivity index (χ1v) is 53.6. The number of amides is 6. The molecule has 3 aliphatic rings. The first-order valence-electron chi connectivity index (χ1n) is 46.7. The number of hydrogen-bond donors (Lipinski definition) is 10. The Kier molecular flexibility index (Phi) is 48.4. The summed E-state index contributed by atoms with van der Waals surface area (Å²) in [6, 6.07) is 4.08. The number of phosphoric ester groups is 1. The van der Waals surface area contributed by atoms with Crippen molar-refractivity contribution in [1.82, 2.24) is 54.9 Å². The molecule has 0 saturated carbocycles. The molecule has 3 aliphatic heterocycles. The lowest BCUT2D eigenvalue weighted by Crippen LogP contribution is -2.53. The number of esters is 2. The maximum Gasteiger partial charge on any atom is 0.472 e. The van der Waals surface area contributed by atoms with E-state index in [-0.39, 0.29) is 87.6 Å². The number of carbonyl (C=O) groups is 8. The number of ether oxygens (including phenoxy) is 6. The molecule has 14 atom stereocenters. The third-order valence-electron chi connectivity index (χ3n) is 22.8. The Morgan fingerprint density at radius 2 is 1.19 bits per heavy atom. The number of unbranched alkanes of at least 4 members (excludes halogenated alkanes) is 28. The molecular formula is C87H136F2N13O26P3S2. The van der Waals surface area contributed by atoms with Gasteiger partial charge in [0.2, 0.25) is 23.6 Å². The van der Waals surface area contributed by atoms with E-state index in [2.05, 4.69) is 89.8 Å². The van der Waals surface area contributed by atoms with Gasteiger partial charge in [-0.05, 0) is 49.8 Å². The number of likely N-dealkylation sites (N-methyl/N-ethyl adjacent to an activating group) is 1. The number of fused-ring (bicyclic) bond motifs is 5. The van der Waals surface area contributed by atoms with Crippen molar-refractivity contribution < 1.29 is 126 Å². The minimum absolute atomic E-state index is 0.0628. The maximum atomic E-state index is 16.8. The number of benzene rings is 1. The molecule has 7 heterocycles. The Morgan fingerprint density at radius 3 is 1.78 bits per heavy atom. The Hall–Kier alpha value is -7.60. The number of alkyl halides is 1. The van der Waals surface area contributed by atoms with E-state index in [0.717, 1.165) is 84.2 Å². The highest BCUT2D eigenvalue weighted by Crippen LogP contribution is 2.61. The summed E-state index contributed by atoms with van der Waals surface area (Å²) >= 11 is 8.11. The summed E-state index contributed by atoms with van der Waals surface area (Å²) in [5.74, 6) is -5.00. The van der Waals surface area contributed by atoms with E-state index >= 15 is 8.78 Å². The number of nitrogens with zero attached hydrogens (tertiary/aromatic N) is 7. The molecule has 133 heavy (non-hydrogen) atoms. The van der Waals surface area contributed by atoms with Crippen molar-refractivity contribution in [3.63, 3.8) is 0 Å². The molecule has 5 aromatic rings. The molecule has 3 saturated heterocycles. The molecule has 0 aliphatic carbocycles. The SMILES string of the molecule is CCCCCCCCCCCCCCCCCC(=O)OC[C@H](COP(=O)(O)OCCNC(=O)CCCC(=O)N[C@H](C(=O)N[C@@H](C)C(=O)Nc1ccc(COC(=O)N(C)CCOC(=O)Nc2ncnc3c2ncn3[C@@H]2O[C@@H]3CO[P@@](=O)(S)O[C@@H]4[C@H](O)[C@@H](CO[P@@](=O)(S)O[C@H]3[C@H]2F)O[C@H]4n2cc(F)c3c(=O)[nH]cnc32)cc1)C(C)C)OC(=O)CCCCCCCCCCCCCCCCC. The number of carbonyl (C=O) groups excluding carboxylic acids is 8. The van der Waals surface area contributed by atoms with Crippen LogP contribution in [0.25, 0.3) is 22.2 Å². The topological polar surface area (TPSA) is 497 Å². The summed E-state index contributed by atoms with van der Waals surface area (Å²) in [5, 5.41) is 23.8. The zero-order valence-corrected chi connectivity index (χ0v) is 81.4. The zero-order chi connectivity index (χ0) is 96.3. The predicted octanol–water partition coefficient (Wildman–Crippen LogP) is 15.9. The third-order valence-corrected chi connectivity index (χ3v) is 27.0. The summed E-state index contributed by atoms with van der Waals surface area (Å²) in [5.41, 5.74) is -0.467. The van der Waals surface area contributed by atoms with Crippen molar-refractivity contribution in [2.24, 2.45) is 5.92 Å². The number of phosphoric acid groups is 1. The number of aliphatic hydroxyl groups is 1. The van der Waals surface area contributed by atoms with Gasteiger partial charge >= 0.3 is 45.5 Å². The average molecular weight is 1980 g/mol. The number of rotatable bonds is 60. The maximum absolute atomic E-state index is 16.8. The Bertz CT molecular complexity index is 4680. The molecule has 6 amide bonds. The number of aromatic nitrogens is 7. The van der Waals surface area contributed by atoms with Crippen molar-refractivity contribution in [2.45, 2.75) is 333 Å². The van der Waals surface area contributed by atoms with E-state index in [1.807, 2.05) is 0 Å². The number of aromatic amines is 1. The highest BCUT2D eigenvalue weighted by molar-refractivity contribution is 8.44. The van der Waals surface area contributed by atoms with Gasteiger partial charge < -0.3 is 74.1 Å². The molecule has 3 fully saturated rings. The number of imidazole rings is 1. The van der Waals surface area contributed by atoms with Gasteiger partial charge in [0.1, 0.15) is 74.1 Å². The summed E-state index contributed by atoms with van der Waals surface area (Å²) in [4.78, 5) is 148. The molecule has 746 valence electrons. The van der Waals surface area contributed by atoms with Crippen LogP contribution < -0.4 is 32.1 Å². The summed E-state index contributed by atoms with van der Waals surface area (Å²) < 4.78 is 141. The minimum atomic E-state index is -4.77. The fourth-order valence-corrected chi connectivity index (χ4v) is 18.9. The highest BCUT2D eigenvalue weighted by atomic mass is 32.7. The predicted molar refractivity (Wildman–Crippen MR) is 495 cm³/mol. The lowest BCUT2D eigenvalue weighted by molar-refractivity contribution is -0.161. The van der Waals surface area contributed by atoms with Gasteiger partial charge in [-0.3, -0.25) is 70.6 Å². The van der Waals surface area contributed by atoms with Crippen LogP contribution in [0.3, 0.4) is 0 Å². The van der Waals surface area contributed by atoms with E-state index in [4.69, 9.17) is 55.6 Å². The van der Waals surface area contributed by atoms with Crippen LogP contribution in [-0.4, -0.2) is 211 Å². The summed E-state index contributed by atoms with van der Waals surface area (Å²) in [7, 11) is -3.39. The number of thiol groups is 2. The number of aliphatic hydroxyl groups excluding tert-OH is 1. The highest BCUT2D eigenvalue weighted by Gasteiger charge is 2.54.